The molecule has 0 aliphatic carbocycles. The van der Waals surface area contributed by atoms with Crippen molar-refractivity contribution in [1.29, 1.82) is 0 Å². The zero-order valence-corrected chi connectivity index (χ0v) is 15.3. The van der Waals surface area contributed by atoms with E-state index in [2.05, 4.69) is 47.5 Å². The zero-order chi connectivity index (χ0) is 17.8. The number of carbonyl (C=O) groups excluding carboxylic acids is 1. The summed E-state index contributed by atoms with van der Waals surface area (Å²) in [5.41, 5.74) is 4.53. The Morgan fingerprint density at radius 3 is 2.16 bits per heavy atom. The Bertz CT molecular complexity index is 701. The van der Waals surface area contributed by atoms with Gasteiger partial charge in [0.15, 0.2) is 0 Å². The van der Waals surface area contributed by atoms with Crippen LogP contribution < -0.4 is 5.32 Å². The number of hydrogen-bond acceptors (Lipinski definition) is 2. The van der Waals surface area contributed by atoms with Gasteiger partial charge in [0, 0.05) is 37.9 Å². The minimum Gasteiger partial charge on any atom is -0.322 e. The van der Waals surface area contributed by atoms with E-state index >= 15 is 0 Å². The van der Waals surface area contributed by atoms with Crippen molar-refractivity contribution >= 4 is 11.7 Å². The molecule has 1 fully saturated rings. The first-order chi connectivity index (χ1) is 12.0. The Balaban J connectivity index is 1.55. The van der Waals surface area contributed by atoms with Crippen LogP contribution in [-0.4, -0.2) is 42.0 Å². The van der Waals surface area contributed by atoms with Crippen molar-refractivity contribution < 1.29 is 4.79 Å². The monoisotopic (exact) mass is 337 g/mol. The number of nitrogens with one attached hydrogen (secondary N) is 1. The molecular formula is C21H27N3O. The highest BCUT2D eigenvalue weighted by Crippen LogP contribution is 2.21. The highest BCUT2D eigenvalue weighted by molar-refractivity contribution is 5.89. The van der Waals surface area contributed by atoms with Gasteiger partial charge in [-0.3, -0.25) is 4.90 Å². The molecule has 0 bridgehead atoms. The molecule has 4 heteroatoms. The number of rotatable bonds is 3. The summed E-state index contributed by atoms with van der Waals surface area (Å²) in [6.45, 7) is 9.65. The van der Waals surface area contributed by atoms with E-state index in [9.17, 15) is 4.79 Å². The second-order valence-electron chi connectivity index (χ2n) is 6.92. The number of amides is 2. The Hall–Kier alpha value is -2.33. The van der Waals surface area contributed by atoms with Crippen molar-refractivity contribution in [2.75, 3.05) is 31.5 Å². The van der Waals surface area contributed by atoms with Crippen LogP contribution in [0.1, 0.15) is 29.7 Å². The lowest BCUT2D eigenvalue weighted by molar-refractivity contribution is 0.119. The van der Waals surface area contributed by atoms with E-state index in [1.165, 1.54) is 5.56 Å². The Morgan fingerprint density at radius 1 is 0.960 bits per heavy atom. The van der Waals surface area contributed by atoms with Crippen LogP contribution in [-0.2, 0) is 0 Å². The summed E-state index contributed by atoms with van der Waals surface area (Å²) < 4.78 is 0. The summed E-state index contributed by atoms with van der Waals surface area (Å²) in [7, 11) is 0. The summed E-state index contributed by atoms with van der Waals surface area (Å²) in [6, 6.07) is 17.1. The third-order valence-electron chi connectivity index (χ3n) is 4.90. The van der Waals surface area contributed by atoms with Gasteiger partial charge in [0.2, 0.25) is 0 Å². The van der Waals surface area contributed by atoms with Crippen LogP contribution in [0.25, 0.3) is 0 Å². The van der Waals surface area contributed by atoms with Crippen molar-refractivity contribution in [3.8, 4) is 0 Å². The Labute approximate surface area is 150 Å². The molecule has 2 amide bonds. The second-order valence-corrected chi connectivity index (χ2v) is 6.92. The average molecular weight is 337 g/mol. The number of nitrogens with zero attached hydrogens (tertiary/aromatic N) is 2. The van der Waals surface area contributed by atoms with E-state index in [-0.39, 0.29) is 6.03 Å². The van der Waals surface area contributed by atoms with Gasteiger partial charge in [-0.15, -0.1) is 0 Å². The molecule has 0 aromatic heterocycles. The first-order valence-electron chi connectivity index (χ1n) is 8.96. The van der Waals surface area contributed by atoms with E-state index < -0.39 is 0 Å². The third-order valence-corrected chi connectivity index (χ3v) is 4.90. The predicted molar refractivity (Wildman–Crippen MR) is 103 cm³/mol. The molecule has 132 valence electrons. The highest BCUT2D eigenvalue weighted by Gasteiger charge is 2.24. The van der Waals surface area contributed by atoms with Gasteiger partial charge in [-0.05, 0) is 49.6 Å². The number of aryl methyl sites for hydroxylation is 2. The maximum absolute atomic E-state index is 12.5. The van der Waals surface area contributed by atoms with E-state index in [0.29, 0.717) is 6.04 Å². The first-order valence-corrected chi connectivity index (χ1v) is 8.96. The van der Waals surface area contributed by atoms with Crippen molar-refractivity contribution in [2.24, 2.45) is 0 Å². The minimum atomic E-state index is -0.00276. The molecule has 2 aromatic rings. The fraction of sp³-hybridized carbons (Fsp3) is 0.381. The smallest absolute Gasteiger partial charge is 0.321 e. The molecule has 25 heavy (non-hydrogen) atoms. The number of anilines is 1. The molecular weight excluding hydrogens is 310 g/mol. The van der Waals surface area contributed by atoms with Crippen molar-refractivity contribution in [2.45, 2.75) is 26.8 Å². The van der Waals surface area contributed by atoms with Crippen molar-refractivity contribution in [1.82, 2.24) is 9.80 Å². The maximum Gasteiger partial charge on any atom is 0.321 e. The largest absolute Gasteiger partial charge is 0.322 e. The molecule has 3 rings (SSSR count). The molecule has 1 aliphatic rings. The van der Waals surface area contributed by atoms with Gasteiger partial charge in [-0.2, -0.15) is 0 Å². The van der Waals surface area contributed by atoms with Gasteiger partial charge in [0.25, 0.3) is 0 Å². The summed E-state index contributed by atoms with van der Waals surface area (Å²) in [5, 5.41) is 3.04. The van der Waals surface area contributed by atoms with Crippen LogP contribution in [0.3, 0.4) is 0 Å². The first kappa shape index (κ1) is 17.5. The van der Waals surface area contributed by atoms with Crippen LogP contribution in [0.5, 0.6) is 0 Å². The molecule has 1 unspecified atom stereocenters. The standard InChI is InChI=1S/C21H27N3O/c1-16-13-17(2)15-20(14-16)22-21(25)24-11-9-23(10-12-24)18(3)19-7-5-4-6-8-19/h4-8,13-15,18H,9-12H2,1-3H3,(H,22,25). The van der Waals surface area contributed by atoms with Crippen LogP contribution in [0.2, 0.25) is 0 Å². The topological polar surface area (TPSA) is 35.6 Å². The molecule has 1 N–H and O–H groups in total. The molecule has 1 atom stereocenters. The number of urea groups is 1. The average Bonchev–Trinajstić information content (AvgIpc) is 2.61. The van der Waals surface area contributed by atoms with Gasteiger partial charge < -0.3 is 10.2 Å². The lowest BCUT2D eigenvalue weighted by Gasteiger charge is -2.38. The summed E-state index contributed by atoms with van der Waals surface area (Å²) in [6.07, 6.45) is 0. The maximum atomic E-state index is 12.5. The van der Waals surface area contributed by atoms with E-state index in [4.69, 9.17) is 0 Å². The SMILES string of the molecule is Cc1cc(C)cc(NC(=O)N2CCN(C(C)c3ccccc3)CC2)c1. The molecule has 0 spiro atoms. The normalized spacial score (nSPS) is 16.5. The third kappa shape index (κ3) is 4.40. The quantitative estimate of drug-likeness (QED) is 0.910. The van der Waals surface area contributed by atoms with Crippen LogP contribution >= 0.6 is 0 Å². The van der Waals surface area contributed by atoms with E-state index in [1.807, 2.05) is 36.9 Å². The molecule has 1 saturated heterocycles. The number of benzene rings is 2. The second kappa shape index (κ2) is 7.70. The van der Waals surface area contributed by atoms with E-state index in [0.717, 1.165) is 43.0 Å². The minimum absolute atomic E-state index is 0.00276. The highest BCUT2D eigenvalue weighted by atomic mass is 16.2. The number of hydrogen-bond donors (Lipinski definition) is 1. The molecule has 1 heterocycles. The fourth-order valence-electron chi connectivity index (χ4n) is 3.50. The number of piperazine rings is 1. The molecule has 1 aliphatic heterocycles. The van der Waals surface area contributed by atoms with Crippen LogP contribution in [0.15, 0.2) is 48.5 Å². The fourth-order valence-corrected chi connectivity index (χ4v) is 3.50. The Morgan fingerprint density at radius 2 is 1.56 bits per heavy atom. The van der Waals surface area contributed by atoms with Gasteiger partial charge >= 0.3 is 6.03 Å². The molecule has 4 nitrogen and oxygen atoms in total. The lowest BCUT2D eigenvalue weighted by atomic mass is 10.1. The zero-order valence-electron chi connectivity index (χ0n) is 15.3. The van der Waals surface area contributed by atoms with Gasteiger partial charge in [-0.25, -0.2) is 4.79 Å². The lowest BCUT2D eigenvalue weighted by Crippen LogP contribution is -2.50. The Kier molecular flexibility index (Phi) is 5.39. The number of carbonyl (C=O) groups is 1. The van der Waals surface area contributed by atoms with Crippen molar-refractivity contribution in [3.05, 3.63) is 65.2 Å². The summed E-state index contributed by atoms with van der Waals surface area (Å²) >= 11 is 0. The van der Waals surface area contributed by atoms with Crippen LogP contribution in [0, 0.1) is 13.8 Å². The van der Waals surface area contributed by atoms with Gasteiger partial charge in [0.05, 0.1) is 0 Å². The molecule has 0 radical (unpaired) electrons. The molecule has 0 saturated carbocycles. The molecule has 2 aromatic carbocycles. The van der Waals surface area contributed by atoms with Gasteiger partial charge in [-0.1, -0.05) is 36.4 Å². The van der Waals surface area contributed by atoms with Crippen molar-refractivity contribution in [3.63, 3.8) is 0 Å². The van der Waals surface area contributed by atoms with E-state index in [1.54, 1.807) is 0 Å². The van der Waals surface area contributed by atoms with Crippen LogP contribution in [0.4, 0.5) is 10.5 Å². The summed E-state index contributed by atoms with van der Waals surface area (Å²) in [4.78, 5) is 16.9. The summed E-state index contributed by atoms with van der Waals surface area (Å²) in [5.74, 6) is 0. The predicted octanol–water partition coefficient (Wildman–Crippen LogP) is 4.21. The van der Waals surface area contributed by atoms with Gasteiger partial charge in [0.1, 0.15) is 0 Å².